The van der Waals surface area contributed by atoms with E-state index in [1.165, 1.54) is 5.75 Å². The van der Waals surface area contributed by atoms with Crippen LogP contribution in [0.1, 0.15) is 47.5 Å². The van der Waals surface area contributed by atoms with Crippen molar-refractivity contribution in [2.75, 3.05) is 5.75 Å². The van der Waals surface area contributed by atoms with Gasteiger partial charge in [-0.25, -0.2) is 0 Å². The zero-order chi connectivity index (χ0) is 11.5. The van der Waals surface area contributed by atoms with Crippen LogP contribution in [0.5, 0.6) is 0 Å². The van der Waals surface area contributed by atoms with E-state index in [9.17, 15) is 0 Å². The number of thioether (sulfide) groups is 1. The first kappa shape index (κ1) is 12.9. The molecule has 2 unspecified atom stereocenters. The lowest BCUT2D eigenvalue weighted by Crippen LogP contribution is -2.45. The van der Waals surface area contributed by atoms with Crippen LogP contribution in [0.4, 0.5) is 0 Å². The molecule has 0 bridgehead atoms. The Labute approximate surface area is 98.3 Å². The number of amidine groups is 1. The minimum atomic E-state index is 0.214. The van der Waals surface area contributed by atoms with Crippen LogP contribution < -0.4 is 5.32 Å². The summed E-state index contributed by atoms with van der Waals surface area (Å²) in [6.07, 6.45) is 2.29. The van der Waals surface area contributed by atoms with Gasteiger partial charge in [0, 0.05) is 11.3 Å². The van der Waals surface area contributed by atoms with Crippen molar-refractivity contribution in [1.29, 1.82) is 0 Å². The third kappa shape index (κ3) is 3.40. The summed E-state index contributed by atoms with van der Waals surface area (Å²) >= 11 is 1.87. The molecule has 0 fully saturated rings. The third-order valence-electron chi connectivity index (χ3n) is 3.60. The molecule has 0 amide bonds. The van der Waals surface area contributed by atoms with E-state index < -0.39 is 0 Å². The van der Waals surface area contributed by atoms with Crippen LogP contribution in [0.3, 0.4) is 0 Å². The molecule has 1 aliphatic rings. The summed E-state index contributed by atoms with van der Waals surface area (Å²) < 4.78 is 0. The second kappa shape index (κ2) is 5.24. The highest BCUT2D eigenvalue weighted by atomic mass is 32.2. The quantitative estimate of drug-likeness (QED) is 0.801. The summed E-state index contributed by atoms with van der Waals surface area (Å²) in [5.41, 5.74) is 0.214. The van der Waals surface area contributed by atoms with Crippen molar-refractivity contribution >= 4 is 16.9 Å². The predicted octanol–water partition coefficient (Wildman–Crippen LogP) is 3.28. The summed E-state index contributed by atoms with van der Waals surface area (Å²) in [5, 5.41) is 4.74. The minimum Gasteiger partial charge on any atom is -0.360 e. The average Bonchev–Trinajstić information content (AvgIpc) is 2.23. The number of aliphatic imine (C=N–C) groups is 1. The van der Waals surface area contributed by atoms with Gasteiger partial charge >= 0.3 is 0 Å². The lowest BCUT2D eigenvalue weighted by molar-refractivity contribution is 0.389. The molecule has 1 rings (SSSR count). The van der Waals surface area contributed by atoms with Gasteiger partial charge in [0.05, 0.1) is 6.04 Å². The fourth-order valence-corrected chi connectivity index (χ4v) is 2.71. The first-order valence-electron chi connectivity index (χ1n) is 5.99. The molecule has 3 heteroatoms. The lowest BCUT2D eigenvalue weighted by Gasteiger charge is -2.33. The molecule has 2 atom stereocenters. The smallest absolute Gasteiger partial charge is 0.157 e. The summed E-state index contributed by atoms with van der Waals surface area (Å²) in [6.45, 7) is 11.2. The molecule has 0 aromatic heterocycles. The molecule has 0 saturated carbocycles. The van der Waals surface area contributed by atoms with Crippen LogP contribution in [-0.4, -0.2) is 22.5 Å². The summed E-state index contributed by atoms with van der Waals surface area (Å²) in [4.78, 5) is 4.71. The van der Waals surface area contributed by atoms with Gasteiger partial charge in [-0.05, 0) is 32.6 Å². The molecule has 0 aromatic rings. The van der Waals surface area contributed by atoms with Gasteiger partial charge in [0.2, 0.25) is 0 Å². The first-order valence-corrected chi connectivity index (χ1v) is 6.98. The monoisotopic (exact) mass is 228 g/mol. The normalized spacial score (nSPS) is 27.4. The zero-order valence-corrected chi connectivity index (χ0v) is 11.4. The van der Waals surface area contributed by atoms with Crippen molar-refractivity contribution < 1.29 is 0 Å². The van der Waals surface area contributed by atoms with Crippen LogP contribution in [0.25, 0.3) is 0 Å². The Morgan fingerprint density at radius 2 is 2.00 bits per heavy atom. The van der Waals surface area contributed by atoms with Gasteiger partial charge in [-0.1, -0.05) is 32.5 Å². The molecule has 1 N–H and O–H groups in total. The Kier molecular flexibility index (Phi) is 4.50. The van der Waals surface area contributed by atoms with Crippen LogP contribution in [0.15, 0.2) is 4.99 Å². The lowest BCUT2D eigenvalue weighted by atomic mass is 9.96. The van der Waals surface area contributed by atoms with Gasteiger partial charge in [-0.15, -0.1) is 0 Å². The highest BCUT2D eigenvalue weighted by Crippen LogP contribution is 2.24. The van der Waals surface area contributed by atoms with E-state index in [1.807, 2.05) is 11.8 Å². The topological polar surface area (TPSA) is 24.4 Å². The Balaban J connectivity index is 2.62. The molecule has 0 aliphatic carbocycles. The van der Waals surface area contributed by atoms with Gasteiger partial charge in [0.25, 0.3) is 0 Å². The Morgan fingerprint density at radius 1 is 1.40 bits per heavy atom. The molecular formula is C12H24N2S. The molecule has 2 nitrogen and oxygen atoms in total. The minimum absolute atomic E-state index is 0.214. The number of rotatable bonds is 3. The second-order valence-corrected chi connectivity index (χ2v) is 5.86. The molecule has 0 radical (unpaired) electrons. The van der Waals surface area contributed by atoms with Gasteiger partial charge in [0.1, 0.15) is 0 Å². The summed E-state index contributed by atoms with van der Waals surface area (Å²) in [7, 11) is 0. The van der Waals surface area contributed by atoms with Crippen LogP contribution in [0.2, 0.25) is 0 Å². The van der Waals surface area contributed by atoms with Crippen molar-refractivity contribution in [1.82, 2.24) is 5.32 Å². The van der Waals surface area contributed by atoms with Crippen molar-refractivity contribution in [2.45, 2.75) is 59.0 Å². The summed E-state index contributed by atoms with van der Waals surface area (Å²) in [6, 6.07) is 0.465. The first-order chi connectivity index (χ1) is 7.00. The van der Waals surface area contributed by atoms with Crippen molar-refractivity contribution in [2.24, 2.45) is 10.9 Å². The van der Waals surface area contributed by atoms with Gasteiger partial charge in [0.15, 0.2) is 5.17 Å². The van der Waals surface area contributed by atoms with E-state index in [2.05, 4.69) is 39.9 Å². The maximum Gasteiger partial charge on any atom is 0.157 e. The maximum atomic E-state index is 4.71. The SMILES string of the molecule is CCC(C)(CC)NC1=NC(C)C(C)CS1. The molecule has 0 saturated heterocycles. The predicted molar refractivity (Wildman–Crippen MR) is 70.6 cm³/mol. The van der Waals surface area contributed by atoms with Crippen LogP contribution in [-0.2, 0) is 0 Å². The van der Waals surface area contributed by atoms with Gasteiger partial charge in [-0.2, -0.15) is 0 Å². The Morgan fingerprint density at radius 3 is 2.47 bits per heavy atom. The number of nitrogens with one attached hydrogen (secondary N) is 1. The van der Waals surface area contributed by atoms with Crippen molar-refractivity contribution in [3.05, 3.63) is 0 Å². The van der Waals surface area contributed by atoms with E-state index in [4.69, 9.17) is 4.99 Å². The Hall–Kier alpha value is -0.180. The highest BCUT2D eigenvalue weighted by Gasteiger charge is 2.25. The highest BCUT2D eigenvalue weighted by molar-refractivity contribution is 8.13. The molecule has 0 spiro atoms. The Bertz CT molecular complexity index is 234. The van der Waals surface area contributed by atoms with Crippen LogP contribution >= 0.6 is 11.8 Å². The molecule has 1 heterocycles. The standard InChI is InChI=1S/C12H24N2S/c1-6-12(5,7-2)14-11-13-10(4)9(3)8-15-11/h9-10H,6-8H2,1-5H3,(H,13,14). The zero-order valence-electron chi connectivity index (χ0n) is 10.6. The van der Waals surface area contributed by atoms with Crippen molar-refractivity contribution in [3.63, 3.8) is 0 Å². The van der Waals surface area contributed by atoms with E-state index >= 15 is 0 Å². The second-order valence-electron chi connectivity index (χ2n) is 4.86. The molecule has 1 aliphatic heterocycles. The molecule has 0 aromatic carbocycles. The van der Waals surface area contributed by atoms with Crippen LogP contribution in [0, 0.1) is 5.92 Å². The third-order valence-corrected chi connectivity index (χ3v) is 4.77. The van der Waals surface area contributed by atoms with E-state index in [-0.39, 0.29) is 5.54 Å². The number of hydrogen-bond donors (Lipinski definition) is 1. The largest absolute Gasteiger partial charge is 0.360 e. The fraction of sp³-hybridized carbons (Fsp3) is 0.917. The van der Waals surface area contributed by atoms with E-state index in [1.54, 1.807) is 0 Å². The van der Waals surface area contributed by atoms with E-state index in [0.717, 1.165) is 18.0 Å². The van der Waals surface area contributed by atoms with Gasteiger partial charge in [-0.3, -0.25) is 4.99 Å². The maximum absolute atomic E-state index is 4.71. The molecule has 88 valence electrons. The summed E-state index contributed by atoms with van der Waals surface area (Å²) in [5.74, 6) is 1.89. The van der Waals surface area contributed by atoms with Gasteiger partial charge < -0.3 is 5.32 Å². The average molecular weight is 228 g/mol. The number of nitrogens with zero attached hydrogens (tertiary/aromatic N) is 1. The van der Waals surface area contributed by atoms with E-state index in [0.29, 0.717) is 12.0 Å². The molecule has 15 heavy (non-hydrogen) atoms. The molecular weight excluding hydrogens is 204 g/mol. The number of hydrogen-bond acceptors (Lipinski definition) is 3. The van der Waals surface area contributed by atoms with Crippen molar-refractivity contribution in [3.8, 4) is 0 Å². The fourth-order valence-electron chi connectivity index (χ4n) is 1.45.